The van der Waals surface area contributed by atoms with Crippen molar-refractivity contribution in [3.8, 4) is 5.75 Å². The van der Waals surface area contributed by atoms with Gasteiger partial charge in [-0.05, 0) is 23.5 Å². The summed E-state index contributed by atoms with van der Waals surface area (Å²) in [6.07, 6.45) is 1.15. The van der Waals surface area contributed by atoms with Gasteiger partial charge in [-0.1, -0.05) is 32.9 Å². The van der Waals surface area contributed by atoms with Gasteiger partial charge in [-0.15, -0.1) is 0 Å². The summed E-state index contributed by atoms with van der Waals surface area (Å²) in [4.78, 5) is 28.0. The minimum absolute atomic E-state index is 0.0225. The van der Waals surface area contributed by atoms with Crippen LogP contribution in [0.5, 0.6) is 5.75 Å². The van der Waals surface area contributed by atoms with Crippen LogP contribution in [0.2, 0.25) is 0 Å². The number of hydrogen-bond acceptors (Lipinski definition) is 3. The van der Waals surface area contributed by atoms with E-state index in [-0.39, 0.29) is 17.2 Å². The normalized spacial score (nSPS) is 15.7. The van der Waals surface area contributed by atoms with Crippen molar-refractivity contribution in [2.45, 2.75) is 46.0 Å². The number of hydrogen-bond donors (Lipinski definition) is 0. The minimum atomic E-state index is 0.0225. The molecule has 1 fully saturated rings. The van der Waals surface area contributed by atoms with Gasteiger partial charge in [0.2, 0.25) is 11.8 Å². The van der Waals surface area contributed by atoms with Crippen molar-refractivity contribution in [1.82, 2.24) is 9.80 Å². The van der Waals surface area contributed by atoms with Crippen LogP contribution in [0.1, 0.15) is 45.2 Å². The van der Waals surface area contributed by atoms with Crippen LogP contribution in [-0.4, -0.2) is 54.9 Å². The Morgan fingerprint density at radius 1 is 1.08 bits per heavy atom. The maximum Gasteiger partial charge on any atom is 0.227 e. The predicted molar refractivity (Wildman–Crippen MR) is 98.8 cm³/mol. The molecule has 5 heteroatoms. The van der Waals surface area contributed by atoms with Gasteiger partial charge in [-0.3, -0.25) is 9.59 Å². The van der Waals surface area contributed by atoms with E-state index in [1.165, 1.54) is 5.56 Å². The van der Waals surface area contributed by atoms with Crippen molar-refractivity contribution < 1.29 is 14.3 Å². The van der Waals surface area contributed by atoms with Crippen molar-refractivity contribution in [2.75, 3.05) is 33.3 Å². The van der Waals surface area contributed by atoms with Crippen LogP contribution in [0.25, 0.3) is 0 Å². The maximum atomic E-state index is 12.8. The molecule has 0 aliphatic carbocycles. The van der Waals surface area contributed by atoms with Crippen LogP contribution in [0, 0.1) is 0 Å². The van der Waals surface area contributed by atoms with E-state index in [0.717, 1.165) is 24.3 Å². The molecule has 0 aromatic heterocycles. The quantitative estimate of drug-likeness (QED) is 0.845. The van der Waals surface area contributed by atoms with Crippen LogP contribution in [0.4, 0.5) is 0 Å². The maximum absolute atomic E-state index is 12.8. The molecule has 0 bridgehead atoms. The van der Waals surface area contributed by atoms with E-state index in [4.69, 9.17) is 4.74 Å². The first-order valence-corrected chi connectivity index (χ1v) is 8.93. The fourth-order valence-electron chi connectivity index (χ4n) is 3.14. The van der Waals surface area contributed by atoms with E-state index in [0.29, 0.717) is 26.1 Å². The summed E-state index contributed by atoms with van der Waals surface area (Å²) in [7, 11) is 1.64. The molecule has 1 saturated heterocycles. The van der Waals surface area contributed by atoms with Crippen LogP contribution in [0.15, 0.2) is 18.2 Å². The molecule has 0 spiro atoms. The molecule has 1 aliphatic heterocycles. The van der Waals surface area contributed by atoms with Gasteiger partial charge in [-0.25, -0.2) is 0 Å². The Bertz CT molecular complexity index is 634. The molecule has 138 valence electrons. The van der Waals surface area contributed by atoms with Gasteiger partial charge in [0.1, 0.15) is 5.75 Å². The van der Waals surface area contributed by atoms with Crippen molar-refractivity contribution in [3.63, 3.8) is 0 Å². The molecule has 0 unspecified atom stereocenters. The summed E-state index contributed by atoms with van der Waals surface area (Å²) >= 11 is 0. The third-order valence-electron chi connectivity index (χ3n) is 4.78. The highest BCUT2D eigenvalue weighted by molar-refractivity contribution is 5.80. The molecule has 2 amide bonds. The third-order valence-corrected chi connectivity index (χ3v) is 4.78. The van der Waals surface area contributed by atoms with Crippen LogP contribution >= 0.6 is 0 Å². The van der Waals surface area contributed by atoms with Gasteiger partial charge in [0.15, 0.2) is 0 Å². The molecule has 5 nitrogen and oxygen atoms in total. The fourth-order valence-corrected chi connectivity index (χ4v) is 3.14. The number of methoxy groups -OCH3 is 1. The Kier molecular flexibility index (Phi) is 6.09. The van der Waals surface area contributed by atoms with E-state index in [2.05, 4.69) is 32.9 Å². The van der Waals surface area contributed by atoms with E-state index in [1.54, 1.807) is 14.0 Å². The molecule has 0 saturated carbocycles. The molecule has 1 aromatic carbocycles. The lowest BCUT2D eigenvalue weighted by Gasteiger charge is -2.23. The number of amides is 2. The van der Waals surface area contributed by atoms with E-state index >= 15 is 0 Å². The minimum Gasteiger partial charge on any atom is -0.496 e. The molecule has 1 aliphatic rings. The number of nitrogens with zero attached hydrogens (tertiary/aromatic N) is 2. The molecule has 0 radical (unpaired) electrons. The third kappa shape index (κ3) is 4.97. The Morgan fingerprint density at radius 3 is 2.32 bits per heavy atom. The molecule has 25 heavy (non-hydrogen) atoms. The summed E-state index contributed by atoms with van der Waals surface area (Å²) in [5.41, 5.74) is 2.14. The average Bonchev–Trinajstić information content (AvgIpc) is 2.80. The molecule has 1 heterocycles. The first-order valence-electron chi connectivity index (χ1n) is 8.93. The van der Waals surface area contributed by atoms with Crippen molar-refractivity contribution >= 4 is 11.8 Å². The summed E-state index contributed by atoms with van der Waals surface area (Å²) in [6, 6.07) is 6.09. The van der Waals surface area contributed by atoms with Crippen LogP contribution < -0.4 is 4.74 Å². The second kappa shape index (κ2) is 7.89. The summed E-state index contributed by atoms with van der Waals surface area (Å²) in [5, 5.41) is 0. The number of ether oxygens (including phenoxy) is 1. The zero-order chi connectivity index (χ0) is 18.6. The standard InChI is InChI=1S/C20H30N2O3/c1-15(23)21-9-6-10-22(12-11-21)19(24)14-16-13-17(20(2,3)4)7-8-18(16)25-5/h7-8,13H,6,9-12,14H2,1-5H3. The van der Waals surface area contributed by atoms with Gasteiger partial charge < -0.3 is 14.5 Å². The SMILES string of the molecule is COc1ccc(C(C)(C)C)cc1CC(=O)N1CCCN(C(C)=O)CC1. The molecular weight excluding hydrogens is 316 g/mol. The van der Waals surface area contributed by atoms with Crippen LogP contribution in [0.3, 0.4) is 0 Å². The number of benzene rings is 1. The zero-order valence-corrected chi connectivity index (χ0v) is 16.1. The lowest BCUT2D eigenvalue weighted by Crippen LogP contribution is -2.37. The van der Waals surface area contributed by atoms with E-state index < -0.39 is 0 Å². The highest BCUT2D eigenvalue weighted by atomic mass is 16.5. The largest absolute Gasteiger partial charge is 0.496 e. The number of rotatable bonds is 3. The molecule has 0 atom stereocenters. The predicted octanol–water partition coefficient (Wildman–Crippen LogP) is 2.62. The van der Waals surface area contributed by atoms with Gasteiger partial charge in [0.25, 0.3) is 0 Å². The second-order valence-corrected chi connectivity index (χ2v) is 7.69. The van der Waals surface area contributed by atoms with Crippen molar-refractivity contribution in [1.29, 1.82) is 0 Å². The van der Waals surface area contributed by atoms with Gasteiger partial charge in [0, 0.05) is 38.7 Å². The summed E-state index contributed by atoms with van der Waals surface area (Å²) < 4.78 is 5.45. The number of carbonyl (C=O) groups excluding carboxylic acids is 2. The Balaban J connectivity index is 2.13. The van der Waals surface area contributed by atoms with Gasteiger partial charge >= 0.3 is 0 Å². The smallest absolute Gasteiger partial charge is 0.227 e. The van der Waals surface area contributed by atoms with E-state index in [1.807, 2.05) is 15.9 Å². The molecule has 0 N–H and O–H groups in total. The summed E-state index contributed by atoms with van der Waals surface area (Å²) in [5.74, 6) is 0.921. The van der Waals surface area contributed by atoms with Crippen LogP contribution in [-0.2, 0) is 21.4 Å². The lowest BCUT2D eigenvalue weighted by molar-refractivity contribution is -0.132. The Labute approximate surface area is 150 Å². The second-order valence-electron chi connectivity index (χ2n) is 7.69. The topological polar surface area (TPSA) is 49.9 Å². The Morgan fingerprint density at radius 2 is 1.72 bits per heavy atom. The van der Waals surface area contributed by atoms with Crippen molar-refractivity contribution in [3.05, 3.63) is 29.3 Å². The fraction of sp³-hybridized carbons (Fsp3) is 0.600. The van der Waals surface area contributed by atoms with Gasteiger partial charge in [-0.2, -0.15) is 0 Å². The molecule has 1 aromatic rings. The molecular formula is C20H30N2O3. The average molecular weight is 346 g/mol. The highest BCUT2D eigenvalue weighted by Gasteiger charge is 2.22. The Hall–Kier alpha value is -2.04. The highest BCUT2D eigenvalue weighted by Crippen LogP contribution is 2.28. The first kappa shape index (κ1) is 19.3. The summed E-state index contributed by atoms with van der Waals surface area (Å²) in [6.45, 7) is 10.7. The molecule has 2 rings (SSSR count). The van der Waals surface area contributed by atoms with Gasteiger partial charge in [0.05, 0.1) is 13.5 Å². The monoisotopic (exact) mass is 346 g/mol. The lowest BCUT2D eigenvalue weighted by atomic mass is 9.85. The van der Waals surface area contributed by atoms with E-state index in [9.17, 15) is 9.59 Å². The zero-order valence-electron chi connectivity index (χ0n) is 16.1. The first-order chi connectivity index (χ1) is 11.7. The van der Waals surface area contributed by atoms with Crippen molar-refractivity contribution in [2.24, 2.45) is 0 Å². The number of carbonyl (C=O) groups is 2.